The summed E-state index contributed by atoms with van der Waals surface area (Å²) in [6.45, 7) is 4.38. The van der Waals surface area contributed by atoms with Crippen LogP contribution in [-0.2, 0) is 0 Å². The molecular weight excluding hydrogens is 218 g/mol. The van der Waals surface area contributed by atoms with Gasteiger partial charge in [0.25, 0.3) is 0 Å². The average molecular weight is 235 g/mol. The van der Waals surface area contributed by atoms with Crippen LogP contribution in [0.5, 0.6) is 0 Å². The van der Waals surface area contributed by atoms with Crippen molar-refractivity contribution in [3.05, 3.63) is 71.9 Å². The van der Waals surface area contributed by atoms with Crippen LogP contribution in [0.2, 0.25) is 0 Å². The number of nitrogens with zero attached hydrogens (tertiary/aromatic N) is 1. The molecule has 90 valence electrons. The maximum atomic E-state index is 2.34. The Balaban J connectivity index is 2.10. The maximum absolute atomic E-state index is 2.34. The zero-order valence-electron chi connectivity index (χ0n) is 10.8. The van der Waals surface area contributed by atoms with Gasteiger partial charge in [-0.1, -0.05) is 42.0 Å². The van der Waals surface area contributed by atoms with Gasteiger partial charge in [0.1, 0.15) is 0 Å². The molecule has 0 aliphatic heterocycles. The highest BCUT2D eigenvalue weighted by Gasteiger charge is 2.09. The Bertz CT molecular complexity index is 664. The standard InChI is InChI=1S/C17H17N/c1-13-8-9-17-16(12-13)10-11-18(17)14(2)15-6-4-3-5-7-15/h3-12,14H,1-2H3. The maximum Gasteiger partial charge on any atom is 0.0557 e. The first-order valence-corrected chi connectivity index (χ1v) is 6.38. The molecule has 1 unspecified atom stereocenters. The third kappa shape index (κ3) is 1.82. The fourth-order valence-corrected chi connectivity index (χ4v) is 2.51. The summed E-state index contributed by atoms with van der Waals surface area (Å²) >= 11 is 0. The molecule has 0 saturated heterocycles. The summed E-state index contributed by atoms with van der Waals surface area (Å²) in [5.74, 6) is 0. The van der Waals surface area contributed by atoms with Gasteiger partial charge in [0, 0.05) is 11.7 Å². The van der Waals surface area contributed by atoms with Crippen molar-refractivity contribution in [2.75, 3.05) is 0 Å². The van der Waals surface area contributed by atoms with Crippen molar-refractivity contribution in [1.29, 1.82) is 0 Å². The van der Waals surface area contributed by atoms with E-state index in [2.05, 4.69) is 79.2 Å². The Morgan fingerprint density at radius 2 is 1.72 bits per heavy atom. The third-order valence-corrected chi connectivity index (χ3v) is 3.58. The topological polar surface area (TPSA) is 4.93 Å². The highest BCUT2D eigenvalue weighted by Crippen LogP contribution is 2.25. The molecule has 0 bridgehead atoms. The molecule has 1 atom stereocenters. The van der Waals surface area contributed by atoms with Gasteiger partial charge in [0.05, 0.1) is 6.04 Å². The lowest BCUT2D eigenvalue weighted by molar-refractivity contribution is 0.664. The fourth-order valence-electron chi connectivity index (χ4n) is 2.51. The van der Waals surface area contributed by atoms with E-state index in [0.29, 0.717) is 6.04 Å². The van der Waals surface area contributed by atoms with Crippen LogP contribution in [0.25, 0.3) is 10.9 Å². The third-order valence-electron chi connectivity index (χ3n) is 3.58. The van der Waals surface area contributed by atoms with Gasteiger partial charge in [-0.05, 0) is 43.0 Å². The molecule has 1 heteroatoms. The first kappa shape index (κ1) is 11.1. The van der Waals surface area contributed by atoms with Crippen LogP contribution in [0.4, 0.5) is 0 Å². The van der Waals surface area contributed by atoms with Crippen molar-refractivity contribution in [2.24, 2.45) is 0 Å². The largest absolute Gasteiger partial charge is 0.340 e. The van der Waals surface area contributed by atoms with Crippen molar-refractivity contribution in [3.63, 3.8) is 0 Å². The van der Waals surface area contributed by atoms with Gasteiger partial charge in [0.2, 0.25) is 0 Å². The van der Waals surface area contributed by atoms with E-state index in [1.54, 1.807) is 0 Å². The molecule has 0 saturated carbocycles. The summed E-state index contributed by atoms with van der Waals surface area (Å²) in [6, 6.07) is 19.8. The van der Waals surface area contributed by atoms with E-state index < -0.39 is 0 Å². The Labute approximate surface area is 108 Å². The minimum atomic E-state index is 0.367. The second-order valence-electron chi connectivity index (χ2n) is 4.87. The Hall–Kier alpha value is -2.02. The van der Waals surface area contributed by atoms with Gasteiger partial charge in [-0.3, -0.25) is 0 Å². The van der Waals surface area contributed by atoms with E-state index in [-0.39, 0.29) is 0 Å². The molecule has 3 rings (SSSR count). The molecule has 1 heterocycles. The van der Waals surface area contributed by atoms with Crippen LogP contribution >= 0.6 is 0 Å². The van der Waals surface area contributed by atoms with Gasteiger partial charge in [-0.2, -0.15) is 0 Å². The first-order valence-electron chi connectivity index (χ1n) is 6.38. The number of benzene rings is 2. The highest BCUT2D eigenvalue weighted by molar-refractivity contribution is 5.81. The van der Waals surface area contributed by atoms with E-state index in [1.807, 2.05) is 0 Å². The fraction of sp³-hybridized carbons (Fsp3) is 0.176. The normalized spacial score (nSPS) is 12.8. The predicted octanol–water partition coefficient (Wildman–Crippen LogP) is 4.56. The van der Waals surface area contributed by atoms with Crippen LogP contribution in [0, 0.1) is 6.92 Å². The van der Waals surface area contributed by atoms with Crippen molar-refractivity contribution in [3.8, 4) is 0 Å². The molecule has 2 aromatic carbocycles. The molecule has 1 nitrogen and oxygen atoms in total. The minimum Gasteiger partial charge on any atom is -0.340 e. The molecule has 0 amide bonds. The van der Waals surface area contributed by atoms with Gasteiger partial charge in [-0.25, -0.2) is 0 Å². The van der Waals surface area contributed by atoms with Gasteiger partial charge < -0.3 is 4.57 Å². The zero-order valence-corrected chi connectivity index (χ0v) is 10.8. The zero-order chi connectivity index (χ0) is 12.5. The summed E-state index contributed by atoms with van der Waals surface area (Å²) in [6.07, 6.45) is 2.18. The lowest BCUT2D eigenvalue weighted by Gasteiger charge is -2.15. The van der Waals surface area contributed by atoms with Crippen LogP contribution < -0.4 is 0 Å². The number of aromatic nitrogens is 1. The Morgan fingerprint density at radius 3 is 2.50 bits per heavy atom. The molecule has 18 heavy (non-hydrogen) atoms. The summed E-state index contributed by atoms with van der Waals surface area (Å²) < 4.78 is 2.34. The number of aryl methyl sites for hydroxylation is 1. The van der Waals surface area contributed by atoms with Crippen LogP contribution in [0.3, 0.4) is 0 Å². The van der Waals surface area contributed by atoms with E-state index in [1.165, 1.54) is 22.0 Å². The van der Waals surface area contributed by atoms with Crippen molar-refractivity contribution < 1.29 is 0 Å². The SMILES string of the molecule is Cc1ccc2c(ccn2C(C)c2ccccc2)c1. The minimum absolute atomic E-state index is 0.367. The summed E-state index contributed by atoms with van der Waals surface area (Å²) in [7, 11) is 0. The summed E-state index contributed by atoms with van der Waals surface area (Å²) in [5, 5.41) is 1.32. The van der Waals surface area contributed by atoms with Crippen LogP contribution in [-0.4, -0.2) is 4.57 Å². The lowest BCUT2D eigenvalue weighted by Crippen LogP contribution is -2.04. The van der Waals surface area contributed by atoms with Crippen molar-refractivity contribution in [2.45, 2.75) is 19.9 Å². The quantitative estimate of drug-likeness (QED) is 0.613. The Kier molecular flexibility index (Phi) is 2.67. The highest BCUT2D eigenvalue weighted by atomic mass is 15.0. The molecular formula is C17H17N. The number of fused-ring (bicyclic) bond motifs is 1. The average Bonchev–Trinajstić information content (AvgIpc) is 2.81. The van der Waals surface area contributed by atoms with E-state index in [4.69, 9.17) is 0 Å². The molecule has 0 aliphatic rings. The summed E-state index contributed by atoms with van der Waals surface area (Å²) in [5.41, 5.74) is 3.96. The van der Waals surface area contributed by atoms with Crippen LogP contribution in [0.15, 0.2) is 60.8 Å². The van der Waals surface area contributed by atoms with Gasteiger partial charge >= 0.3 is 0 Å². The van der Waals surface area contributed by atoms with Crippen LogP contribution in [0.1, 0.15) is 24.1 Å². The molecule has 0 spiro atoms. The molecule has 0 aliphatic carbocycles. The number of hydrogen-bond donors (Lipinski definition) is 0. The lowest BCUT2D eigenvalue weighted by atomic mass is 10.1. The first-order chi connectivity index (χ1) is 8.75. The van der Waals surface area contributed by atoms with E-state index >= 15 is 0 Å². The molecule has 0 radical (unpaired) electrons. The Morgan fingerprint density at radius 1 is 0.944 bits per heavy atom. The van der Waals surface area contributed by atoms with Gasteiger partial charge in [0.15, 0.2) is 0 Å². The predicted molar refractivity (Wildman–Crippen MR) is 76.9 cm³/mol. The monoisotopic (exact) mass is 235 g/mol. The van der Waals surface area contributed by atoms with E-state index in [0.717, 1.165) is 0 Å². The molecule has 1 aromatic heterocycles. The number of rotatable bonds is 2. The van der Waals surface area contributed by atoms with E-state index in [9.17, 15) is 0 Å². The molecule has 0 fully saturated rings. The number of hydrogen-bond acceptors (Lipinski definition) is 0. The molecule has 0 N–H and O–H groups in total. The van der Waals surface area contributed by atoms with Crippen molar-refractivity contribution in [1.82, 2.24) is 4.57 Å². The smallest absolute Gasteiger partial charge is 0.0557 e. The molecule has 3 aromatic rings. The van der Waals surface area contributed by atoms with Crippen molar-refractivity contribution >= 4 is 10.9 Å². The summed E-state index contributed by atoms with van der Waals surface area (Å²) in [4.78, 5) is 0. The second-order valence-corrected chi connectivity index (χ2v) is 4.87. The second kappa shape index (κ2) is 4.34. The van der Waals surface area contributed by atoms with Gasteiger partial charge in [-0.15, -0.1) is 0 Å².